The second-order valence-corrected chi connectivity index (χ2v) is 8.75. The van der Waals surface area contributed by atoms with Crippen molar-refractivity contribution in [3.8, 4) is 0 Å². The number of allylic oxidation sites excluding steroid dienone is 2. The zero-order chi connectivity index (χ0) is 20.6. The van der Waals surface area contributed by atoms with Crippen LogP contribution in [0.1, 0.15) is 103 Å². The van der Waals surface area contributed by atoms with E-state index in [1.54, 1.807) is 0 Å². The fraction of sp³-hybridized carbons (Fsp3) is 0.840. The van der Waals surface area contributed by atoms with Crippen LogP contribution in [0.4, 0.5) is 0 Å². The van der Waals surface area contributed by atoms with E-state index in [2.05, 4.69) is 24.1 Å². The maximum absolute atomic E-state index is 12.1. The largest absolute Gasteiger partial charge is 0.479 e. The Bertz CT molecular complexity index is 501. The first-order valence-corrected chi connectivity index (χ1v) is 12.4. The minimum Gasteiger partial charge on any atom is -0.479 e. The van der Waals surface area contributed by atoms with Crippen LogP contribution < -0.4 is 0 Å². The third kappa shape index (κ3) is 10.3. The van der Waals surface area contributed by atoms with Gasteiger partial charge in [0.15, 0.2) is 5.90 Å². The summed E-state index contributed by atoms with van der Waals surface area (Å²) in [6, 6.07) is 0. The smallest absolute Gasteiger partial charge is 0.223 e. The number of aliphatic imine (C=N–C) groups is 1. The number of hydrogen-bond donors (Lipinski definition) is 0. The molecule has 0 aromatic carbocycles. The second kappa shape index (κ2) is 15.5. The molecule has 2 aliphatic heterocycles. The summed E-state index contributed by atoms with van der Waals surface area (Å²) in [5.41, 5.74) is 0. The van der Waals surface area contributed by atoms with Gasteiger partial charge in [0.05, 0.1) is 12.5 Å². The maximum atomic E-state index is 12.1. The molecule has 4 nitrogen and oxygen atoms in total. The summed E-state index contributed by atoms with van der Waals surface area (Å²) in [7, 11) is 0. The van der Waals surface area contributed by atoms with Crippen molar-refractivity contribution in [1.82, 2.24) is 4.90 Å². The highest BCUT2D eigenvalue weighted by Gasteiger charge is 2.34. The minimum atomic E-state index is 0.208. The Morgan fingerprint density at radius 2 is 1.55 bits per heavy atom. The molecule has 29 heavy (non-hydrogen) atoms. The molecule has 166 valence electrons. The monoisotopic (exact) mass is 404 g/mol. The molecule has 0 saturated carbocycles. The van der Waals surface area contributed by atoms with Crippen molar-refractivity contribution in [2.75, 3.05) is 26.2 Å². The summed E-state index contributed by atoms with van der Waals surface area (Å²) in [6.45, 7) is 5.44. The molecule has 0 N–H and O–H groups in total. The van der Waals surface area contributed by atoms with Crippen LogP contribution >= 0.6 is 0 Å². The fourth-order valence-electron chi connectivity index (χ4n) is 4.30. The van der Waals surface area contributed by atoms with Crippen molar-refractivity contribution < 1.29 is 9.53 Å². The van der Waals surface area contributed by atoms with Gasteiger partial charge in [-0.3, -0.25) is 9.79 Å². The molecule has 1 amide bonds. The van der Waals surface area contributed by atoms with Gasteiger partial charge in [-0.2, -0.15) is 0 Å². The molecule has 1 fully saturated rings. The van der Waals surface area contributed by atoms with Gasteiger partial charge < -0.3 is 9.64 Å². The molecular formula is C25H44N2O2. The second-order valence-electron chi connectivity index (χ2n) is 8.75. The van der Waals surface area contributed by atoms with Crippen molar-refractivity contribution in [2.45, 2.75) is 103 Å². The average Bonchev–Trinajstić information content (AvgIpc) is 3.38. The molecule has 0 aromatic rings. The predicted molar refractivity (Wildman–Crippen MR) is 122 cm³/mol. The van der Waals surface area contributed by atoms with E-state index in [0.717, 1.165) is 32.0 Å². The van der Waals surface area contributed by atoms with Crippen LogP contribution in [0.2, 0.25) is 0 Å². The summed E-state index contributed by atoms with van der Waals surface area (Å²) in [6.07, 6.45) is 23.9. The number of likely N-dealkylation sites (tertiary alicyclic amines) is 1. The summed E-state index contributed by atoms with van der Waals surface area (Å²) in [5.74, 6) is 1.31. The third-order valence-corrected chi connectivity index (χ3v) is 6.11. The van der Waals surface area contributed by atoms with Crippen molar-refractivity contribution in [3.63, 3.8) is 0 Å². The Labute approximate surface area is 179 Å². The number of unbranched alkanes of at least 4 members (excludes halogenated alkanes) is 12. The molecule has 1 saturated heterocycles. The zero-order valence-electron chi connectivity index (χ0n) is 18.9. The lowest BCUT2D eigenvalue weighted by Crippen LogP contribution is -2.27. The van der Waals surface area contributed by atoms with Crippen LogP contribution in [-0.4, -0.2) is 42.9 Å². The average molecular weight is 405 g/mol. The van der Waals surface area contributed by atoms with Gasteiger partial charge >= 0.3 is 0 Å². The first-order chi connectivity index (χ1) is 14.3. The van der Waals surface area contributed by atoms with Crippen LogP contribution in [0.3, 0.4) is 0 Å². The lowest BCUT2D eigenvalue weighted by atomic mass is 10.1. The molecule has 0 bridgehead atoms. The number of hydrogen-bond acceptors (Lipinski definition) is 3. The standard InChI is InChI=1S/C25H44N2O2/c1-2-3-4-5-6-7-8-9-10-11-12-13-14-15-16-17-19-27-22-23(21-24(27)28)25-26-18-20-29-25/h9-10,23H,2-8,11-22H2,1H3. The highest BCUT2D eigenvalue weighted by atomic mass is 16.5. The highest BCUT2D eigenvalue weighted by molar-refractivity contribution is 5.89. The third-order valence-electron chi connectivity index (χ3n) is 6.11. The Morgan fingerprint density at radius 1 is 0.931 bits per heavy atom. The Kier molecular flexibility index (Phi) is 12.8. The molecule has 0 aliphatic carbocycles. The van der Waals surface area contributed by atoms with Gasteiger partial charge in [-0.05, 0) is 32.1 Å². The SMILES string of the molecule is CCCCCCCCC=CCCCCCCCCN1CC(C2=NCCO2)CC1=O. The van der Waals surface area contributed by atoms with Crippen LogP contribution in [-0.2, 0) is 9.53 Å². The van der Waals surface area contributed by atoms with E-state index in [1.807, 2.05) is 4.90 Å². The Hall–Kier alpha value is -1.32. The number of nitrogens with zero attached hydrogens (tertiary/aromatic N) is 2. The molecule has 2 heterocycles. The highest BCUT2D eigenvalue weighted by Crippen LogP contribution is 2.22. The molecule has 1 unspecified atom stereocenters. The maximum Gasteiger partial charge on any atom is 0.223 e. The van der Waals surface area contributed by atoms with Gasteiger partial charge in [-0.25, -0.2) is 0 Å². The van der Waals surface area contributed by atoms with Gasteiger partial charge in [-0.15, -0.1) is 0 Å². The first kappa shape index (κ1) is 24.0. The van der Waals surface area contributed by atoms with Crippen LogP contribution in [0, 0.1) is 5.92 Å². The lowest BCUT2D eigenvalue weighted by molar-refractivity contribution is -0.127. The van der Waals surface area contributed by atoms with E-state index in [-0.39, 0.29) is 11.8 Å². The molecule has 0 aromatic heterocycles. The summed E-state index contributed by atoms with van der Waals surface area (Å²) >= 11 is 0. The quantitative estimate of drug-likeness (QED) is 0.211. The van der Waals surface area contributed by atoms with E-state index in [4.69, 9.17) is 4.74 Å². The Morgan fingerprint density at radius 3 is 2.17 bits per heavy atom. The fourth-order valence-corrected chi connectivity index (χ4v) is 4.30. The van der Waals surface area contributed by atoms with Gasteiger partial charge in [-0.1, -0.05) is 76.9 Å². The summed E-state index contributed by atoms with van der Waals surface area (Å²) in [4.78, 5) is 18.5. The molecule has 0 spiro atoms. The number of ether oxygens (including phenoxy) is 1. The number of amides is 1. The molecular weight excluding hydrogens is 360 g/mol. The van der Waals surface area contributed by atoms with E-state index < -0.39 is 0 Å². The van der Waals surface area contributed by atoms with E-state index >= 15 is 0 Å². The van der Waals surface area contributed by atoms with E-state index in [1.165, 1.54) is 83.5 Å². The molecule has 0 radical (unpaired) electrons. The van der Waals surface area contributed by atoms with E-state index in [9.17, 15) is 4.79 Å². The van der Waals surface area contributed by atoms with Crippen molar-refractivity contribution in [1.29, 1.82) is 0 Å². The topological polar surface area (TPSA) is 41.9 Å². The number of rotatable bonds is 17. The summed E-state index contributed by atoms with van der Waals surface area (Å²) in [5, 5.41) is 0. The normalized spacial score (nSPS) is 19.3. The lowest BCUT2D eigenvalue weighted by Gasteiger charge is -2.16. The predicted octanol–water partition coefficient (Wildman–Crippen LogP) is 6.30. The zero-order valence-corrected chi connectivity index (χ0v) is 18.9. The van der Waals surface area contributed by atoms with Crippen LogP contribution in [0.5, 0.6) is 0 Å². The first-order valence-electron chi connectivity index (χ1n) is 12.4. The van der Waals surface area contributed by atoms with Gasteiger partial charge in [0.1, 0.15) is 6.61 Å². The van der Waals surface area contributed by atoms with Crippen molar-refractivity contribution >= 4 is 11.8 Å². The Balaban J connectivity index is 1.35. The number of carbonyl (C=O) groups excluding carboxylic acids is 1. The van der Waals surface area contributed by atoms with E-state index in [0.29, 0.717) is 13.0 Å². The molecule has 4 heteroatoms. The summed E-state index contributed by atoms with van der Waals surface area (Å²) < 4.78 is 5.53. The van der Waals surface area contributed by atoms with Crippen LogP contribution in [0.25, 0.3) is 0 Å². The molecule has 2 aliphatic rings. The molecule has 2 rings (SSSR count). The van der Waals surface area contributed by atoms with Gasteiger partial charge in [0.2, 0.25) is 5.91 Å². The van der Waals surface area contributed by atoms with Gasteiger partial charge in [0.25, 0.3) is 0 Å². The molecule has 1 atom stereocenters. The number of carbonyl (C=O) groups is 1. The van der Waals surface area contributed by atoms with Gasteiger partial charge in [0, 0.05) is 19.5 Å². The van der Waals surface area contributed by atoms with Crippen LogP contribution in [0.15, 0.2) is 17.1 Å². The van der Waals surface area contributed by atoms with Crippen molar-refractivity contribution in [2.24, 2.45) is 10.9 Å². The minimum absolute atomic E-state index is 0.208. The van der Waals surface area contributed by atoms with Crippen molar-refractivity contribution in [3.05, 3.63) is 12.2 Å².